The third-order valence-electron chi connectivity index (χ3n) is 2.36. The molecule has 0 unspecified atom stereocenters. The first-order chi connectivity index (χ1) is 9.06. The fraction of sp³-hybridized carbons (Fsp3) is 0. The standard InChI is InChI=1S/C13H11Cl2N3O/c14-9-3-1-2-4-11(9)17-13(19)18-12-7-8(16)5-6-10(12)15/h1-7H,16H2,(H2,17,18,19). The molecule has 6 heteroatoms. The maximum Gasteiger partial charge on any atom is 0.323 e. The molecule has 0 fully saturated rings. The van der Waals surface area contributed by atoms with Crippen LogP contribution in [0.15, 0.2) is 42.5 Å². The van der Waals surface area contributed by atoms with E-state index in [1.807, 2.05) is 0 Å². The number of urea groups is 1. The van der Waals surface area contributed by atoms with Gasteiger partial charge in [0.1, 0.15) is 0 Å². The summed E-state index contributed by atoms with van der Waals surface area (Å²) in [5.74, 6) is 0. The van der Waals surface area contributed by atoms with Crippen LogP contribution in [0, 0.1) is 0 Å². The van der Waals surface area contributed by atoms with Crippen molar-refractivity contribution in [3.8, 4) is 0 Å². The lowest BCUT2D eigenvalue weighted by atomic mass is 10.3. The van der Waals surface area contributed by atoms with Crippen LogP contribution in [0.4, 0.5) is 21.9 Å². The molecule has 0 bridgehead atoms. The fourth-order valence-corrected chi connectivity index (χ4v) is 1.82. The van der Waals surface area contributed by atoms with E-state index < -0.39 is 6.03 Å². The van der Waals surface area contributed by atoms with Gasteiger partial charge in [-0.1, -0.05) is 35.3 Å². The normalized spacial score (nSPS) is 10.0. The Morgan fingerprint density at radius 1 is 0.947 bits per heavy atom. The van der Waals surface area contributed by atoms with E-state index in [-0.39, 0.29) is 0 Å². The molecule has 2 rings (SSSR count). The Hall–Kier alpha value is -1.91. The highest BCUT2D eigenvalue weighted by molar-refractivity contribution is 6.34. The van der Waals surface area contributed by atoms with Crippen LogP contribution in [-0.4, -0.2) is 6.03 Å². The molecule has 19 heavy (non-hydrogen) atoms. The zero-order chi connectivity index (χ0) is 13.8. The zero-order valence-corrected chi connectivity index (χ0v) is 11.3. The molecule has 0 radical (unpaired) electrons. The average Bonchev–Trinajstić information content (AvgIpc) is 2.37. The van der Waals surface area contributed by atoms with E-state index in [0.717, 1.165) is 0 Å². The maximum absolute atomic E-state index is 11.8. The van der Waals surface area contributed by atoms with Crippen LogP contribution < -0.4 is 16.4 Å². The number of benzene rings is 2. The van der Waals surface area contributed by atoms with Gasteiger partial charge in [0, 0.05) is 5.69 Å². The fourth-order valence-electron chi connectivity index (χ4n) is 1.48. The highest BCUT2D eigenvalue weighted by Crippen LogP contribution is 2.25. The number of carbonyl (C=O) groups excluding carboxylic acids is 1. The second-order valence-electron chi connectivity index (χ2n) is 3.80. The molecule has 0 saturated carbocycles. The first kappa shape index (κ1) is 13.5. The monoisotopic (exact) mass is 295 g/mol. The van der Waals surface area contributed by atoms with Crippen LogP contribution in [0.5, 0.6) is 0 Å². The van der Waals surface area contributed by atoms with Gasteiger partial charge in [0.25, 0.3) is 0 Å². The minimum Gasteiger partial charge on any atom is -0.399 e. The summed E-state index contributed by atoms with van der Waals surface area (Å²) in [4.78, 5) is 11.8. The molecule has 0 aliphatic heterocycles. The summed E-state index contributed by atoms with van der Waals surface area (Å²) < 4.78 is 0. The molecule has 2 amide bonds. The molecule has 0 aromatic heterocycles. The number of nitrogen functional groups attached to an aromatic ring is 1. The lowest BCUT2D eigenvalue weighted by Crippen LogP contribution is -2.19. The molecular weight excluding hydrogens is 285 g/mol. The van der Waals surface area contributed by atoms with Crippen LogP contribution >= 0.6 is 23.2 Å². The molecule has 4 nitrogen and oxygen atoms in total. The van der Waals surface area contributed by atoms with E-state index >= 15 is 0 Å². The van der Waals surface area contributed by atoms with Crippen LogP contribution in [0.1, 0.15) is 0 Å². The predicted molar refractivity (Wildman–Crippen MR) is 80.0 cm³/mol. The molecule has 2 aromatic rings. The van der Waals surface area contributed by atoms with Gasteiger partial charge in [-0.3, -0.25) is 0 Å². The number of carbonyl (C=O) groups is 1. The van der Waals surface area contributed by atoms with Gasteiger partial charge in [-0.25, -0.2) is 4.79 Å². The number of hydrogen-bond donors (Lipinski definition) is 3. The second kappa shape index (κ2) is 5.82. The first-order valence-corrected chi connectivity index (χ1v) is 6.19. The molecule has 0 heterocycles. The molecule has 0 atom stereocenters. The van der Waals surface area contributed by atoms with Crippen molar-refractivity contribution in [3.05, 3.63) is 52.5 Å². The second-order valence-corrected chi connectivity index (χ2v) is 4.61. The van der Waals surface area contributed by atoms with E-state index in [1.165, 1.54) is 0 Å². The SMILES string of the molecule is Nc1ccc(Cl)c(NC(=O)Nc2ccccc2Cl)c1. The smallest absolute Gasteiger partial charge is 0.323 e. The quantitative estimate of drug-likeness (QED) is 0.726. The molecular formula is C13H11Cl2N3O. The summed E-state index contributed by atoms with van der Waals surface area (Å²) in [6.07, 6.45) is 0. The van der Waals surface area contributed by atoms with Crippen molar-refractivity contribution in [2.45, 2.75) is 0 Å². The third kappa shape index (κ3) is 3.53. The zero-order valence-electron chi connectivity index (χ0n) is 9.78. The van der Waals surface area contributed by atoms with Crippen LogP contribution in [-0.2, 0) is 0 Å². The number of nitrogens with one attached hydrogen (secondary N) is 2. The van der Waals surface area contributed by atoms with Crippen molar-refractivity contribution in [1.29, 1.82) is 0 Å². The van der Waals surface area contributed by atoms with Gasteiger partial charge in [-0.15, -0.1) is 0 Å². The number of rotatable bonds is 2. The van der Waals surface area contributed by atoms with E-state index in [9.17, 15) is 4.79 Å². The first-order valence-electron chi connectivity index (χ1n) is 5.44. The predicted octanol–water partition coefficient (Wildman–Crippen LogP) is 4.22. The van der Waals surface area contributed by atoms with Gasteiger partial charge in [0.15, 0.2) is 0 Å². The lowest BCUT2D eigenvalue weighted by Gasteiger charge is -2.10. The topological polar surface area (TPSA) is 67.1 Å². The maximum atomic E-state index is 11.8. The number of halogens is 2. The van der Waals surface area contributed by atoms with Crippen molar-refractivity contribution in [1.82, 2.24) is 0 Å². The number of amides is 2. The summed E-state index contributed by atoms with van der Waals surface area (Å²) >= 11 is 11.9. The average molecular weight is 296 g/mol. The molecule has 98 valence electrons. The Bertz CT molecular complexity index is 617. The number of hydrogen-bond acceptors (Lipinski definition) is 2. The number of anilines is 3. The van der Waals surface area contributed by atoms with Crippen LogP contribution in [0.2, 0.25) is 10.0 Å². The van der Waals surface area contributed by atoms with Crippen molar-refractivity contribution in [3.63, 3.8) is 0 Å². The van der Waals surface area contributed by atoms with Gasteiger partial charge in [0.2, 0.25) is 0 Å². The molecule has 0 saturated heterocycles. The Morgan fingerprint density at radius 2 is 1.58 bits per heavy atom. The van der Waals surface area contributed by atoms with E-state index in [1.54, 1.807) is 42.5 Å². The molecule has 0 aliphatic carbocycles. The third-order valence-corrected chi connectivity index (χ3v) is 3.02. The van der Waals surface area contributed by atoms with Gasteiger partial charge in [-0.2, -0.15) is 0 Å². The van der Waals surface area contributed by atoms with E-state index in [2.05, 4.69) is 10.6 Å². The van der Waals surface area contributed by atoms with Crippen molar-refractivity contribution in [2.75, 3.05) is 16.4 Å². The van der Waals surface area contributed by atoms with Gasteiger partial charge in [-0.05, 0) is 30.3 Å². The van der Waals surface area contributed by atoms with Crippen LogP contribution in [0.25, 0.3) is 0 Å². The number of nitrogens with two attached hydrogens (primary N) is 1. The highest BCUT2D eigenvalue weighted by atomic mass is 35.5. The molecule has 2 aromatic carbocycles. The highest BCUT2D eigenvalue weighted by Gasteiger charge is 2.08. The molecule has 4 N–H and O–H groups in total. The Balaban J connectivity index is 2.10. The van der Waals surface area contributed by atoms with Gasteiger partial charge < -0.3 is 16.4 Å². The summed E-state index contributed by atoms with van der Waals surface area (Å²) in [6, 6.07) is 11.3. The van der Waals surface area contributed by atoms with Gasteiger partial charge in [0.05, 0.1) is 21.4 Å². The summed E-state index contributed by atoms with van der Waals surface area (Å²) in [5.41, 5.74) is 7.09. The molecule has 0 aliphatic rings. The van der Waals surface area contributed by atoms with Crippen molar-refractivity contribution < 1.29 is 4.79 Å². The Kier molecular flexibility index (Phi) is 4.14. The Morgan fingerprint density at radius 3 is 2.32 bits per heavy atom. The minimum absolute atomic E-state index is 0.406. The Labute approximate surface area is 120 Å². The van der Waals surface area contributed by atoms with Crippen molar-refractivity contribution >= 4 is 46.3 Å². The van der Waals surface area contributed by atoms with Gasteiger partial charge >= 0.3 is 6.03 Å². The summed E-state index contributed by atoms with van der Waals surface area (Å²) in [5, 5.41) is 6.09. The summed E-state index contributed by atoms with van der Waals surface area (Å²) in [7, 11) is 0. The minimum atomic E-state index is -0.444. The largest absolute Gasteiger partial charge is 0.399 e. The van der Waals surface area contributed by atoms with E-state index in [0.29, 0.717) is 27.1 Å². The molecule has 0 spiro atoms. The number of para-hydroxylation sites is 1. The lowest BCUT2D eigenvalue weighted by molar-refractivity contribution is 0.262. The van der Waals surface area contributed by atoms with Crippen LogP contribution in [0.3, 0.4) is 0 Å². The van der Waals surface area contributed by atoms with Crippen molar-refractivity contribution in [2.24, 2.45) is 0 Å². The van der Waals surface area contributed by atoms with E-state index in [4.69, 9.17) is 28.9 Å². The summed E-state index contributed by atoms with van der Waals surface area (Å²) in [6.45, 7) is 0.